The van der Waals surface area contributed by atoms with E-state index in [1.807, 2.05) is 11.3 Å². The van der Waals surface area contributed by atoms with Crippen LogP contribution in [-0.2, 0) is 4.79 Å². The summed E-state index contributed by atoms with van der Waals surface area (Å²) >= 11 is 1.84. The Balaban J connectivity index is 0.000000218. The third-order valence-corrected chi connectivity index (χ3v) is 1.79. The Morgan fingerprint density at radius 2 is 1.64 bits per heavy atom. The van der Waals surface area contributed by atoms with Gasteiger partial charge in [-0.1, -0.05) is 0 Å². The van der Waals surface area contributed by atoms with Crippen molar-refractivity contribution in [1.29, 1.82) is 0 Å². The van der Waals surface area contributed by atoms with Crippen LogP contribution < -0.4 is 0 Å². The third-order valence-electron chi connectivity index (χ3n) is 0.875. The highest BCUT2D eigenvalue weighted by Gasteiger charge is 1.84. The summed E-state index contributed by atoms with van der Waals surface area (Å²) in [5.41, 5.74) is 0. The molecular weight excluding hydrogens is 160 g/mol. The summed E-state index contributed by atoms with van der Waals surface area (Å²) in [5.74, 6) is -0.833. The molecule has 1 heterocycles. The number of thiophene rings is 1. The minimum absolute atomic E-state index is 0.833. The van der Waals surface area contributed by atoms with Crippen LogP contribution in [-0.4, -0.2) is 11.1 Å². The van der Waals surface area contributed by atoms with Crippen LogP contribution in [0.25, 0.3) is 0 Å². The summed E-state index contributed by atoms with van der Waals surface area (Å²) < 4.78 is 0. The van der Waals surface area contributed by atoms with Crippen LogP contribution in [0, 0.1) is 13.8 Å². The summed E-state index contributed by atoms with van der Waals surface area (Å²) in [4.78, 5) is 11.8. The summed E-state index contributed by atoms with van der Waals surface area (Å²) in [7, 11) is 0. The Morgan fingerprint density at radius 3 is 1.73 bits per heavy atom. The molecule has 0 saturated carbocycles. The highest BCUT2D eigenvalue weighted by atomic mass is 32.1. The first-order valence-electron chi connectivity index (χ1n) is 3.25. The lowest BCUT2D eigenvalue weighted by Gasteiger charge is -1.71. The van der Waals surface area contributed by atoms with Crippen molar-refractivity contribution in [3.63, 3.8) is 0 Å². The highest BCUT2D eigenvalue weighted by Crippen LogP contribution is 2.11. The van der Waals surface area contributed by atoms with E-state index in [1.165, 1.54) is 9.75 Å². The molecule has 0 aliphatic rings. The molecule has 3 heteroatoms. The molecule has 1 aromatic heterocycles. The molecule has 1 aromatic rings. The molecule has 0 radical (unpaired) electrons. The van der Waals surface area contributed by atoms with E-state index < -0.39 is 5.97 Å². The first-order valence-corrected chi connectivity index (χ1v) is 4.06. The van der Waals surface area contributed by atoms with Gasteiger partial charge in [-0.15, -0.1) is 11.3 Å². The fraction of sp³-hybridized carbons (Fsp3) is 0.375. The Labute approximate surface area is 70.5 Å². The Bertz CT molecular complexity index is 207. The summed E-state index contributed by atoms with van der Waals surface area (Å²) in [6, 6.07) is 4.28. The van der Waals surface area contributed by atoms with E-state index in [1.54, 1.807) is 0 Å². The van der Waals surface area contributed by atoms with Gasteiger partial charge < -0.3 is 5.11 Å². The van der Waals surface area contributed by atoms with E-state index in [9.17, 15) is 0 Å². The van der Waals surface area contributed by atoms with Gasteiger partial charge in [0.05, 0.1) is 0 Å². The number of carboxylic acid groups (broad SMARTS) is 1. The number of rotatable bonds is 0. The molecule has 1 rings (SSSR count). The molecule has 0 aliphatic carbocycles. The van der Waals surface area contributed by atoms with Crippen molar-refractivity contribution in [2.45, 2.75) is 20.8 Å². The molecule has 62 valence electrons. The molecule has 0 unspecified atom stereocenters. The zero-order valence-electron chi connectivity index (χ0n) is 6.92. The maximum Gasteiger partial charge on any atom is 0.300 e. The largest absolute Gasteiger partial charge is 0.481 e. The maximum absolute atomic E-state index is 9.00. The van der Waals surface area contributed by atoms with E-state index in [0.29, 0.717) is 0 Å². The van der Waals surface area contributed by atoms with Crippen molar-refractivity contribution in [3.8, 4) is 0 Å². The molecule has 0 aliphatic heterocycles. The lowest BCUT2D eigenvalue weighted by molar-refractivity contribution is -0.134. The van der Waals surface area contributed by atoms with Crippen molar-refractivity contribution >= 4 is 17.3 Å². The molecule has 0 spiro atoms. The van der Waals surface area contributed by atoms with Crippen LogP contribution >= 0.6 is 11.3 Å². The van der Waals surface area contributed by atoms with Gasteiger partial charge in [-0.2, -0.15) is 0 Å². The van der Waals surface area contributed by atoms with Crippen LogP contribution in [0.1, 0.15) is 16.7 Å². The van der Waals surface area contributed by atoms with Gasteiger partial charge in [0, 0.05) is 16.7 Å². The number of aliphatic carboxylic acids is 1. The summed E-state index contributed by atoms with van der Waals surface area (Å²) in [5, 5.41) is 7.42. The fourth-order valence-electron chi connectivity index (χ4n) is 0.557. The lowest BCUT2D eigenvalue weighted by atomic mass is 10.5. The second kappa shape index (κ2) is 4.91. The number of hydrogen-bond acceptors (Lipinski definition) is 2. The second-order valence-corrected chi connectivity index (χ2v) is 3.67. The van der Waals surface area contributed by atoms with Gasteiger partial charge in [-0.05, 0) is 26.0 Å². The third kappa shape index (κ3) is 7.06. The standard InChI is InChI=1S/C6H8S.C2H4O2/c1-5-3-4-6(2)7-5;1-2(3)4/h3-4H,1-2H3;1H3,(H,3,4). The number of carbonyl (C=O) groups is 1. The molecule has 0 bridgehead atoms. The van der Waals surface area contributed by atoms with Gasteiger partial charge in [0.2, 0.25) is 0 Å². The van der Waals surface area contributed by atoms with Crippen molar-refractivity contribution in [3.05, 3.63) is 21.9 Å². The average molecular weight is 172 g/mol. The molecule has 2 nitrogen and oxygen atoms in total. The van der Waals surface area contributed by atoms with Gasteiger partial charge in [-0.25, -0.2) is 0 Å². The van der Waals surface area contributed by atoms with Gasteiger partial charge in [-0.3, -0.25) is 4.79 Å². The quantitative estimate of drug-likeness (QED) is 0.652. The molecule has 0 aromatic carbocycles. The van der Waals surface area contributed by atoms with E-state index in [2.05, 4.69) is 26.0 Å². The predicted molar refractivity (Wildman–Crippen MR) is 47.1 cm³/mol. The van der Waals surface area contributed by atoms with E-state index >= 15 is 0 Å². The Kier molecular flexibility index (Phi) is 4.54. The summed E-state index contributed by atoms with van der Waals surface area (Å²) in [6.07, 6.45) is 0. The van der Waals surface area contributed by atoms with Crippen LogP contribution in [0.2, 0.25) is 0 Å². The fourth-order valence-corrected chi connectivity index (χ4v) is 1.34. The van der Waals surface area contributed by atoms with E-state index in [-0.39, 0.29) is 0 Å². The van der Waals surface area contributed by atoms with Crippen molar-refractivity contribution in [2.75, 3.05) is 0 Å². The molecule has 0 atom stereocenters. The van der Waals surface area contributed by atoms with Gasteiger partial charge in [0.1, 0.15) is 0 Å². The SMILES string of the molecule is CC(=O)O.Cc1ccc(C)s1. The minimum Gasteiger partial charge on any atom is -0.481 e. The zero-order chi connectivity index (χ0) is 8.85. The highest BCUT2D eigenvalue weighted by molar-refractivity contribution is 7.11. The van der Waals surface area contributed by atoms with Gasteiger partial charge in [0.15, 0.2) is 0 Å². The zero-order valence-corrected chi connectivity index (χ0v) is 7.73. The van der Waals surface area contributed by atoms with Gasteiger partial charge >= 0.3 is 0 Å². The summed E-state index contributed by atoms with van der Waals surface area (Å²) in [6.45, 7) is 5.33. The van der Waals surface area contributed by atoms with Crippen LogP contribution in [0.4, 0.5) is 0 Å². The number of aryl methyl sites for hydroxylation is 2. The molecule has 0 saturated heterocycles. The minimum atomic E-state index is -0.833. The van der Waals surface area contributed by atoms with Gasteiger partial charge in [0.25, 0.3) is 5.97 Å². The normalized spacial score (nSPS) is 8.27. The average Bonchev–Trinajstić information content (AvgIpc) is 2.13. The molecule has 1 N–H and O–H groups in total. The van der Waals surface area contributed by atoms with Crippen LogP contribution in [0.15, 0.2) is 12.1 Å². The lowest BCUT2D eigenvalue weighted by Crippen LogP contribution is -1.78. The Hall–Kier alpha value is -0.830. The maximum atomic E-state index is 9.00. The molecule has 11 heavy (non-hydrogen) atoms. The molecular formula is C8H12O2S. The predicted octanol–water partition coefficient (Wildman–Crippen LogP) is 2.46. The van der Waals surface area contributed by atoms with Crippen LogP contribution in [0.3, 0.4) is 0 Å². The first kappa shape index (κ1) is 10.2. The smallest absolute Gasteiger partial charge is 0.300 e. The van der Waals surface area contributed by atoms with Crippen molar-refractivity contribution < 1.29 is 9.90 Å². The molecule has 0 amide bonds. The monoisotopic (exact) mass is 172 g/mol. The Morgan fingerprint density at radius 1 is 1.36 bits per heavy atom. The van der Waals surface area contributed by atoms with Crippen LogP contribution in [0.5, 0.6) is 0 Å². The second-order valence-electron chi connectivity index (χ2n) is 2.18. The van der Waals surface area contributed by atoms with E-state index in [4.69, 9.17) is 9.90 Å². The first-order chi connectivity index (χ1) is 5.02. The molecule has 0 fully saturated rings. The number of hydrogen-bond donors (Lipinski definition) is 1. The topological polar surface area (TPSA) is 37.3 Å². The van der Waals surface area contributed by atoms with Crippen molar-refractivity contribution in [2.24, 2.45) is 0 Å². The van der Waals surface area contributed by atoms with Crippen molar-refractivity contribution in [1.82, 2.24) is 0 Å². The van der Waals surface area contributed by atoms with E-state index in [0.717, 1.165) is 6.92 Å². The number of carboxylic acids is 1.